The molecule has 0 atom stereocenters. The molecule has 96 valence electrons. The van der Waals surface area contributed by atoms with Gasteiger partial charge >= 0.3 is 0 Å². The van der Waals surface area contributed by atoms with Crippen LogP contribution in [-0.2, 0) is 9.73 Å². The van der Waals surface area contributed by atoms with Crippen LogP contribution in [0.15, 0.2) is 4.36 Å². The van der Waals surface area contributed by atoms with Crippen molar-refractivity contribution in [3.8, 4) is 6.07 Å². The minimum absolute atomic E-state index is 0.0396. The van der Waals surface area contributed by atoms with E-state index in [4.69, 9.17) is 0 Å². The lowest BCUT2D eigenvalue weighted by atomic mass is 9.64. The first-order valence-electron chi connectivity index (χ1n) is 6.43. The molecule has 0 spiro atoms. The fraction of sp³-hybridized carbons (Fsp3) is 0.923. The lowest BCUT2D eigenvalue weighted by Gasteiger charge is -2.42. The number of nitrogens with zero attached hydrogens (tertiary/aromatic N) is 2. The molecule has 1 saturated carbocycles. The lowest BCUT2D eigenvalue weighted by molar-refractivity contribution is 0.140. The van der Waals surface area contributed by atoms with Crippen LogP contribution in [0.5, 0.6) is 0 Å². The van der Waals surface area contributed by atoms with Gasteiger partial charge in [-0.05, 0) is 31.1 Å². The summed E-state index contributed by atoms with van der Waals surface area (Å²) >= 11 is 0. The molecule has 2 rings (SSSR count). The second kappa shape index (κ2) is 3.98. The Morgan fingerprint density at radius 2 is 1.82 bits per heavy atom. The summed E-state index contributed by atoms with van der Waals surface area (Å²) in [5.41, 5.74) is -0.352. The van der Waals surface area contributed by atoms with E-state index in [2.05, 4.69) is 31.2 Å². The van der Waals surface area contributed by atoms with Gasteiger partial charge in [0.15, 0.2) is 0 Å². The molecule has 1 saturated heterocycles. The molecule has 1 aliphatic heterocycles. The third-order valence-corrected chi connectivity index (χ3v) is 6.60. The Balaban J connectivity index is 2.17. The predicted molar refractivity (Wildman–Crippen MR) is 70.1 cm³/mol. The Kier molecular flexibility index (Phi) is 3.02. The molecule has 0 aromatic rings. The standard InChI is InChI=1S/C13H22N2OS/c1-12(2,3)13(10-14)6-8-17(16,9-7-13)15-11-4-5-11/h11H,4-9H2,1-3H3. The molecule has 3 nitrogen and oxygen atoms in total. The van der Waals surface area contributed by atoms with E-state index in [1.165, 1.54) is 0 Å². The summed E-state index contributed by atoms with van der Waals surface area (Å²) in [4.78, 5) is 0. The second-order valence-electron chi connectivity index (χ2n) is 6.46. The second-order valence-corrected chi connectivity index (χ2v) is 9.03. The van der Waals surface area contributed by atoms with Gasteiger partial charge in [0.05, 0.1) is 17.5 Å². The number of rotatable bonds is 1. The molecule has 0 aromatic carbocycles. The van der Waals surface area contributed by atoms with Gasteiger partial charge in [0.1, 0.15) is 0 Å². The average molecular weight is 254 g/mol. The van der Waals surface area contributed by atoms with Gasteiger partial charge in [-0.3, -0.25) is 0 Å². The van der Waals surface area contributed by atoms with Gasteiger partial charge in [-0.15, -0.1) is 0 Å². The molecule has 1 heterocycles. The SMILES string of the molecule is CC(C)(C)C1(C#N)CCS(=O)(=NC2CC2)CC1. The normalized spacial score (nSPS) is 38.5. The summed E-state index contributed by atoms with van der Waals surface area (Å²) in [6.45, 7) is 6.34. The van der Waals surface area contributed by atoms with Crippen LogP contribution in [0.1, 0.15) is 46.5 Å². The summed E-state index contributed by atoms with van der Waals surface area (Å²) < 4.78 is 17.0. The van der Waals surface area contributed by atoms with E-state index in [-0.39, 0.29) is 10.8 Å². The van der Waals surface area contributed by atoms with Crippen molar-refractivity contribution in [2.45, 2.75) is 52.5 Å². The zero-order valence-electron chi connectivity index (χ0n) is 11.0. The Labute approximate surface area is 105 Å². The Morgan fingerprint density at radius 1 is 1.29 bits per heavy atom. The first kappa shape index (κ1) is 12.9. The van der Waals surface area contributed by atoms with Gasteiger partial charge in [-0.2, -0.15) is 5.26 Å². The highest BCUT2D eigenvalue weighted by Crippen LogP contribution is 2.47. The van der Waals surface area contributed by atoms with Crippen LogP contribution in [0.2, 0.25) is 0 Å². The van der Waals surface area contributed by atoms with Gasteiger partial charge in [-0.25, -0.2) is 8.57 Å². The van der Waals surface area contributed by atoms with Crippen LogP contribution in [-0.4, -0.2) is 21.8 Å². The van der Waals surface area contributed by atoms with Crippen LogP contribution >= 0.6 is 0 Å². The zero-order valence-corrected chi connectivity index (χ0v) is 11.8. The third kappa shape index (κ3) is 2.49. The quantitative estimate of drug-likeness (QED) is 0.722. The van der Waals surface area contributed by atoms with E-state index in [9.17, 15) is 9.47 Å². The van der Waals surface area contributed by atoms with Crippen molar-refractivity contribution >= 4 is 9.73 Å². The van der Waals surface area contributed by atoms with Crippen LogP contribution < -0.4 is 0 Å². The maximum absolute atomic E-state index is 12.5. The fourth-order valence-electron chi connectivity index (χ4n) is 2.48. The molecule has 0 bridgehead atoms. The molecule has 2 aliphatic rings. The van der Waals surface area contributed by atoms with Gasteiger partial charge in [0.2, 0.25) is 0 Å². The van der Waals surface area contributed by atoms with Crippen molar-refractivity contribution in [2.75, 3.05) is 11.5 Å². The van der Waals surface area contributed by atoms with E-state index in [1.54, 1.807) is 0 Å². The summed E-state index contributed by atoms with van der Waals surface area (Å²) in [7, 11) is -1.99. The summed E-state index contributed by atoms with van der Waals surface area (Å²) in [5.74, 6) is 1.24. The van der Waals surface area contributed by atoms with Gasteiger partial charge in [0, 0.05) is 21.2 Å². The molecule has 0 radical (unpaired) electrons. The number of hydrogen-bond donors (Lipinski definition) is 0. The predicted octanol–water partition coefficient (Wildman–Crippen LogP) is 2.97. The molecular weight excluding hydrogens is 232 g/mol. The van der Waals surface area contributed by atoms with E-state index in [0.29, 0.717) is 17.5 Å². The van der Waals surface area contributed by atoms with Crippen molar-refractivity contribution in [1.82, 2.24) is 0 Å². The van der Waals surface area contributed by atoms with E-state index >= 15 is 0 Å². The first-order valence-corrected chi connectivity index (χ1v) is 8.29. The van der Waals surface area contributed by atoms with Gasteiger partial charge < -0.3 is 0 Å². The fourth-order valence-corrected chi connectivity index (χ4v) is 4.98. The van der Waals surface area contributed by atoms with Crippen molar-refractivity contribution in [2.24, 2.45) is 15.2 Å². The molecule has 0 amide bonds. The molecule has 0 N–H and O–H groups in total. The van der Waals surface area contributed by atoms with Crippen LogP contribution in [0.3, 0.4) is 0 Å². The lowest BCUT2D eigenvalue weighted by Crippen LogP contribution is -2.41. The highest BCUT2D eigenvalue weighted by molar-refractivity contribution is 7.93. The molecule has 4 heteroatoms. The Bertz CT molecular complexity index is 443. The van der Waals surface area contributed by atoms with E-state index in [1.807, 2.05) is 0 Å². The van der Waals surface area contributed by atoms with Crippen molar-refractivity contribution in [3.05, 3.63) is 0 Å². The highest BCUT2D eigenvalue weighted by Gasteiger charge is 2.46. The molecule has 0 aromatic heterocycles. The summed E-state index contributed by atoms with van der Waals surface area (Å²) in [6, 6.07) is 2.86. The molecular formula is C13H22N2OS. The topological polar surface area (TPSA) is 53.2 Å². The highest BCUT2D eigenvalue weighted by atomic mass is 32.2. The molecule has 17 heavy (non-hydrogen) atoms. The minimum atomic E-state index is -1.99. The minimum Gasteiger partial charge on any atom is -0.250 e. The van der Waals surface area contributed by atoms with Gasteiger partial charge in [-0.1, -0.05) is 20.8 Å². The Hall–Kier alpha value is -0.560. The number of nitriles is 1. The van der Waals surface area contributed by atoms with Crippen molar-refractivity contribution < 1.29 is 4.21 Å². The van der Waals surface area contributed by atoms with Gasteiger partial charge in [0.25, 0.3) is 0 Å². The van der Waals surface area contributed by atoms with Crippen LogP contribution in [0.25, 0.3) is 0 Å². The van der Waals surface area contributed by atoms with E-state index < -0.39 is 9.73 Å². The summed E-state index contributed by atoms with van der Waals surface area (Å²) in [6.07, 6.45) is 3.70. The maximum atomic E-state index is 12.5. The molecule has 2 fully saturated rings. The average Bonchev–Trinajstić information content (AvgIpc) is 3.01. The van der Waals surface area contributed by atoms with E-state index in [0.717, 1.165) is 25.7 Å². The van der Waals surface area contributed by atoms with Crippen molar-refractivity contribution in [1.29, 1.82) is 5.26 Å². The van der Waals surface area contributed by atoms with Crippen LogP contribution in [0.4, 0.5) is 0 Å². The van der Waals surface area contributed by atoms with Crippen LogP contribution in [0, 0.1) is 22.2 Å². The zero-order chi connectivity index (χ0) is 12.7. The summed E-state index contributed by atoms with van der Waals surface area (Å²) in [5, 5.41) is 9.47. The largest absolute Gasteiger partial charge is 0.250 e. The van der Waals surface area contributed by atoms with Crippen molar-refractivity contribution in [3.63, 3.8) is 0 Å². The monoisotopic (exact) mass is 254 g/mol. The molecule has 0 unspecified atom stereocenters. The smallest absolute Gasteiger partial charge is 0.0695 e. The number of hydrogen-bond acceptors (Lipinski definition) is 3. The Morgan fingerprint density at radius 3 is 2.18 bits per heavy atom. The first-order chi connectivity index (χ1) is 7.80. The third-order valence-electron chi connectivity index (χ3n) is 4.23. The molecule has 1 aliphatic carbocycles. The maximum Gasteiger partial charge on any atom is 0.0695 e.